The molecule has 1 saturated carbocycles. The molecule has 0 bridgehead atoms. The van der Waals surface area contributed by atoms with Gasteiger partial charge < -0.3 is 4.74 Å². The van der Waals surface area contributed by atoms with Crippen molar-refractivity contribution in [3.63, 3.8) is 0 Å². The number of Topliss-reactive ketones (excluding diaryl/α,β-unsaturated/α-hetero) is 1. The molecule has 0 aliphatic heterocycles. The molecule has 0 aromatic carbocycles. The SMILES string of the molecule is COC(=O)C1(c2ccccn2)CCC(=O)CC1. The second kappa shape index (κ2) is 4.65. The largest absolute Gasteiger partial charge is 0.468 e. The second-order valence-corrected chi connectivity index (χ2v) is 4.33. The first-order chi connectivity index (χ1) is 8.19. The van der Waals surface area contributed by atoms with E-state index in [2.05, 4.69) is 4.98 Å². The molecule has 0 unspecified atom stereocenters. The molecule has 4 heteroatoms. The van der Waals surface area contributed by atoms with Gasteiger partial charge in [0.1, 0.15) is 11.2 Å². The summed E-state index contributed by atoms with van der Waals surface area (Å²) in [5, 5.41) is 0. The predicted octanol–water partition coefficient (Wildman–Crippen LogP) is 1.64. The standard InChI is InChI=1S/C13H15NO3/c1-17-12(16)13(7-5-10(15)6-8-13)11-4-2-3-9-14-11/h2-4,9H,5-8H2,1H3. The average molecular weight is 233 g/mol. The van der Waals surface area contributed by atoms with Crippen molar-refractivity contribution in [1.82, 2.24) is 4.98 Å². The van der Waals surface area contributed by atoms with Crippen LogP contribution in [0.2, 0.25) is 0 Å². The van der Waals surface area contributed by atoms with E-state index >= 15 is 0 Å². The fraction of sp³-hybridized carbons (Fsp3) is 0.462. The first kappa shape index (κ1) is 11.8. The fourth-order valence-corrected chi connectivity index (χ4v) is 2.36. The van der Waals surface area contributed by atoms with Gasteiger partial charge in [-0.3, -0.25) is 14.6 Å². The van der Waals surface area contributed by atoms with E-state index in [4.69, 9.17) is 4.74 Å². The monoisotopic (exact) mass is 233 g/mol. The molecule has 1 heterocycles. The highest BCUT2D eigenvalue weighted by molar-refractivity contribution is 5.88. The van der Waals surface area contributed by atoms with E-state index in [0.717, 1.165) is 0 Å². The first-order valence-corrected chi connectivity index (χ1v) is 5.71. The van der Waals surface area contributed by atoms with E-state index in [1.807, 2.05) is 18.2 Å². The minimum Gasteiger partial charge on any atom is -0.468 e. The zero-order valence-corrected chi connectivity index (χ0v) is 9.81. The molecule has 4 nitrogen and oxygen atoms in total. The van der Waals surface area contributed by atoms with Crippen molar-refractivity contribution < 1.29 is 14.3 Å². The Labute approximate surface area is 100 Å². The zero-order valence-electron chi connectivity index (χ0n) is 9.81. The van der Waals surface area contributed by atoms with Crippen LogP contribution < -0.4 is 0 Å². The summed E-state index contributed by atoms with van der Waals surface area (Å²) >= 11 is 0. The Morgan fingerprint density at radius 1 is 1.35 bits per heavy atom. The Hall–Kier alpha value is -1.71. The fourth-order valence-electron chi connectivity index (χ4n) is 2.36. The number of aromatic nitrogens is 1. The maximum Gasteiger partial charge on any atom is 0.317 e. The minimum atomic E-state index is -0.732. The lowest BCUT2D eigenvalue weighted by Crippen LogP contribution is -2.41. The molecule has 1 aliphatic rings. The molecule has 1 aromatic rings. The number of ether oxygens (including phenoxy) is 1. The van der Waals surface area contributed by atoms with Gasteiger partial charge >= 0.3 is 5.97 Å². The normalized spacial score (nSPS) is 18.8. The minimum absolute atomic E-state index is 0.209. The third-order valence-corrected chi connectivity index (χ3v) is 3.39. The first-order valence-electron chi connectivity index (χ1n) is 5.71. The van der Waals surface area contributed by atoms with Crippen LogP contribution >= 0.6 is 0 Å². The highest BCUT2D eigenvalue weighted by Crippen LogP contribution is 2.38. The van der Waals surface area contributed by atoms with E-state index in [9.17, 15) is 9.59 Å². The van der Waals surface area contributed by atoms with E-state index in [0.29, 0.717) is 31.4 Å². The molecule has 0 N–H and O–H groups in total. The molecule has 0 radical (unpaired) electrons. The number of methoxy groups -OCH3 is 1. The topological polar surface area (TPSA) is 56.3 Å². The van der Waals surface area contributed by atoms with Crippen LogP contribution in [0.5, 0.6) is 0 Å². The van der Waals surface area contributed by atoms with Gasteiger partial charge in [0.2, 0.25) is 0 Å². The van der Waals surface area contributed by atoms with E-state index in [-0.39, 0.29) is 11.8 Å². The molecule has 0 saturated heterocycles. The van der Waals surface area contributed by atoms with Crippen LogP contribution in [-0.2, 0) is 19.7 Å². The molecular formula is C13H15NO3. The maximum absolute atomic E-state index is 12.0. The van der Waals surface area contributed by atoms with Crippen molar-refractivity contribution >= 4 is 11.8 Å². The van der Waals surface area contributed by atoms with Crippen molar-refractivity contribution in [2.45, 2.75) is 31.1 Å². The summed E-state index contributed by atoms with van der Waals surface area (Å²) in [6.07, 6.45) is 3.50. The zero-order chi connectivity index (χ0) is 12.3. The highest BCUT2D eigenvalue weighted by Gasteiger charge is 2.45. The molecule has 1 fully saturated rings. The molecule has 2 rings (SSSR count). The van der Waals surface area contributed by atoms with Gasteiger partial charge in [0.15, 0.2) is 0 Å². The maximum atomic E-state index is 12.0. The Bertz CT molecular complexity index is 418. The second-order valence-electron chi connectivity index (χ2n) is 4.33. The Morgan fingerprint density at radius 2 is 2.06 bits per heavy atom. The van der Waals surface area contributed by atoms with Gasteiger partial charge in [-0.1, -0.05) is 6.07 Å². The molecule has 90 valence electrons. The summed E-state index contributed by atoms with van der Waals surface area (Å²) in [5.41, 5.74) is -0.0245. The van der Waals surface area contributed by atoms with Crippen molar-refractivity contribution in [1.29, 1.82) is 0 Å². The summed E-state index contributed by atoms with van der Waals surface area (Å²) in [7, 11) is 1.38. The number of nitrogens with zero attached hydrogens (tertiary/aromatic N) is 1. The summed E-state index contributed by atoms with van der Waals surface area (Å²) in [4.78, 5) is 27.6. The lowest BCUT2D eigenvalue weighted by molar-refractivity contribution is -0.149. The van der Waals surface area contributed by atoms with Crippen LogP contribution in [0.1, 0.15) is 31.4 Å². The molecular weight excluding hydrogens is 218 g/mol. The average Bonchev–Trinajstić information content (AvgIpc) is 2.40. The van der Waals surface area contributed by atoms with Crippen LogP contribution in [0.3, 0.4) is 0 Å². The summed E-state index contributed by atoms with van der Waals surface area (Å²) in [6.45, 7) is 0. The third kappa shape index (κ3) is 2.07. The summed E-state index contributed by atoms with van der Waals surface area (Å²) in [6, 6.07) is 5.48. The number of rotatable bonds is 2. The van der Waals surface area contributed by atoms with Crippen molar-refractivity contribution in [2.24, 2.45) is 0 Å². The summed E-state index contributed by atoms with van der Waals surface area (Å²) in [5.74, 6) is -0.0795. The van der Waals surface area contributed by atoms with Crippen LogP contribution in [0, 0.1) is 0 Å². The molecule has 1 aromatic heterocycles. The van der Waals surface area contributed by atoms with Crippen molar-refractivity contribution in [3.05, 3.63) is 30.1 Å². The van der Waals surface area contributed by atoms with Gasteiger partial charge in [0.25, 0.3) is 0 Å². The Kier molecular flexibility index (Phi) is 3.22. The Morgan fingerprint density at radius 3 is 2.59 bits per heavy atom. The van der Waals surface area contributed by atoms with E-state index in [1.54, 1.807) is 6.20 Å². The van der Waals surface area contributed by atoms with Gasteiger partial charge in [-0.25, -0.2) is 0 Å². The number of pyridine rings is 1. The molecule has 1 aliphatic carbocycles. The molecule has 17 heavy (non-hydrogen) atoms. The number of ketones is 1. The number of carbonyl (C=O) groups is 2. The van der Waals surface area contributed by atoms with Crippen LogP contribution in [0.4, 0.5) is 0 Å². The van der Waals surface area contributed by atoms with Crippen molar-refractivity contribution in [3.8, 4) is 0 Å². The lowest BCUT2D eigenvalue weighted by Gasteiger charge is -2.33. The molecule has 0 amide bonds. The van der Waals surface area contributed by atoms with Gasteiger partial charge in [-0.2, -0.15) is 0 Å². The summed E-state index contributed by atoms with van der Waals surface area (Å²) < 4.78 is 4.89. The number of esters is 1. The van der Waals surface area contributed by atoms with Crippen LogP contribution in [-0.4, -0.2) is 23.8 Å². The smallest absolute Gasteiger partial charge is 0.317 e. The van der Waals surface area contributed by atoms with Gasteiger partial charge in [-0.15, -0.1) is 0 Å². The van der Waals surface area contributed by atoms with Gasteiger partial charge in [0.05, 0.1) is 12.8 Å². The van der Waals surface area contributed by atoms with Crippen molar-refractivity contribution in [2.75, 3.05) is 7.11 Å². The van der Waals surface area contributed by atoms with E-state index in [1.165, 1.54) is 7.11 Å². The van der Waals surface area contributed by atoms with E-state index < -0.39 is 5.41 Å². The number of hydrogen-bond donors (Lipinski definition) is 0. The van der Waals surface area contributed by atoms with Crippen LogP contribution in [0.25, 0.3) is 0 Å². The van der Waals surface area contributed by atoms with Gasteiger partial charge in [-0.05, 0) is 25.0 Å². The van der Waals surface area contributed by atoms with Crippen LogP contribution in [0.15, 0.2) is 24.4 Å². The molecule has 0 spiro atoms. The number of hydrogen-bond acceptors (Lipinski definition) is 4. The van der Waals surface area contributed by atoms with Gasteiger partial charge in [0, 0.05) is 19.0 Å². The predicted molar refractivity (Wildman–Crippen MR) is 61.4 cm³/mol. The lowest BCUT2D eigenvalue weighted by atomic mass is 9.71. The Balaban J connectivity index is 2.38. The number of carbonyl (C=O) groups excluding carboxylic acids is 2. The highest BCUT2D eigenvalue weighted by atomic mass is 16.5. The molecule has 0 atom stereocenters. The third-order valence-electron chi connectivity index (χ3n) is 3.39. The quantitative estimate of drug-likeness (QED) is 0.728.